The molecule has 22 heavy (non-hydrogen) atoms. The zero-order valence-corrected chi connectivity index (χ0v) is 12.0. The summed E-state index contributed by atoms with van der Waals surface area (Å²) in [5.41, 5.74) is 0. The highest BCUT2D eigenvalue weighted by Crippen LogP contribution is 2.31. The Balaban J connectivity index is 1.74. The lowest BCUT2D eigenvalue weighted by Crippen LogP contribution is -2.27. The molecule has 0 saturated carbocycles. The zero-order valence-electron chi connectivity index (χ0n) is 12.0. The molecule has 1 aliphatic rings. The Labute approximate surface area is 124 Å². The molecule has 0 unspecified atom stereocenters. The Hall–Kier alpha value is -1.90. The van der Waals surface area contributed by atoms with E-state index in [0.29, 0.717) is 24.1 Å². The van der Waals surface area contributed by atoms with E-state index in [1.54, 1.807) is 6.92 Å². The molecule has 6 nitrogen and oxygen atoms in total. The van der Waals surface area contributed by atoms with Crippen LogP contribution in [0.15, 0.2) is 16.9 Å². The highest BCUT2D eigenvalue weighted by molar-refractivity contribution is 5.01. The molecule has 0 N–H and O–H groups in total. The van der Waals surface area contributed by atoms with E-state index in [9.17, 15) is 13.2 Å². The maximum atomic E-state index is 12.6. The van der Waals surface area contributed by atoms with Crippen molar-refractivity contribution in [2.45, 2.75) is 45.1 Å². The highest BCUT2D eigenvalue weighted by atomic mass is 19.4. The minimum Gasteiger partial charge on any atom is -0.340 e. The molecule has 1 aliphatic heterocycles. The van der Waals surface area contributed by atoms with E-state index in [2.05, 4.69) is 15.1 Å². The van der Waals surface area contributed by atoms with E-state index in [1.807, 2.05) is 4.90 Å². The molecule has 120 valence electrons. The highest BCUT2D eigenvalue weighted by Gasteiger charge is 2.32. The van der Waals surface area contributed by atoms with Gasteiger partial charge in [0.05, 0.1) is 12.6 Å². The summed E-state index contributed by atoms with van der Waals surface area (Å²) in [6.07, 6.45) is 0.291. The first-order valence-corrected chi connectivity index (χ1v) is 7.03. The molecule has 1 atom stereocenters. The molecule has 3 rings (SSSR count). The van der Waals surface area contributed by atoms with E-state index in [-0.39, 0.29) is 6.04 Å². The van der Waals surface area contributed by atoms with Crippen LogP contribution in [0.5, 0.6) is 0 Å². The van der Waals surface area contributed by atoms with Crippen molar-refractivity contribution in [2.24, 2.45) is 0 Å². The summed E-state index contributed by atoms with van der Waals surface area (Å²) in [5.74, 6) is 1.47. The first kappa shape index (κ1) is 15.0. The third kappa shape index (κ3) is 3.29. The average Bonchev–Trinajstić information content (AvgIpc) is 3.11. The Morgan fingerprint density at radius 2 is 2.23 bits per heavy atom. The molecule has 2 aromatic rings. The van der Waals surface area contributed by atoms with Crippen molar-refractivity contribution >= 4 is 0 Å². The van der Waals surface area contributed by atoms with Crippen molar-refractivity contribution in [1.29, 1.82) is 0 Å². The second-order valence-electron chi connectivity index (χ2n) is 5.39. The van der Waals surface area contributed by atoms with Gasteiger partial charge >= 0.3 is 6.18 Å². The van der Waals surface area contributed by atoms with Crippen LogP contribution in [0.25, 0.3) is 0 Å². The molecular weight excluding hydrogens is 299 g/mol. The first-order chi connectivity index (χ1) is 10.4. The maximum Gasteiger partial charge on any atom is 0.406 e. The Bertz CT molecular complexity index is 636. The van der Waals surface area contributed by atoms with Crippen LogP contribution in [0.4, 0.5) is 13.2 Å². The van der Waals surface area contributed by atoms with Gasteiger partial charge in [-0.1, -0.05) is 5.16 Å². The standard InChI is InChI=1S/C13H16F3N5O/c1-9-18-12(19-22-9)10-3-2-5-20(10)7-11-17-4-6-21(11)8-13(14,15)16/h4,6,10H,2-3,5,7-8H2,1H3/t10-/m1/s1. The number of hydrogen-bond donors (Lipinski definition) is 0. The second-order valence-corrected chi connectivity index (χ2v) is 5.39. The van der Waals surface area contributed by atoms with Crippen LogP contribution in [0.1, 0.15) is 36.4 Å². The van der Waals surface area contributed by atoms with Crippen LogP contribution in [0.2, 0.25) is 0 Å². The average molecular weight is 315 g/mol. The fourth-order valence-electron chi connectivity index (χ4n) is 2.77. The largest absolute Gasteiger partial charge is 0.406 e. The first-order valence-electron chi connectivity index (χ1n) is 7.03. The Kier molecular flexibility index (Phi) is 3.90. The normalized spacial score (nSPS) is 19.9. The molecule has 0 aromatic carbocycles. The summed E-state index contributed by atoms with van der Waals surface area (Å²) in [7, 11) is 0. The number of rotatable bonds is 4. The van der Waals surface area contributed by atoms with Crippen LogP contribution in [0.3, 0.4) is 0 Å². The fourth-order valence-corrected chi connectivity index (χ4v) is 2.77. The van der Waals surface area contributed by atoms with Gasteiger partial charge in [-0.25, -0.2) is 4.98 Å². The summed E-state index contributed by atoms with van der Waals surface area (Å²) >= 11 is 0. The monoisotopic (exact) mass is 315 g/mol. The molecule has 0 amide bonds. The maximum absolute atomic E-state index is 12.6. The van der Waals surface area contributed by atoms with E-state index in [1.165, 1.54) is 12.4 Å². The van der Waals surface area contributed by atoms with Gasteiger partial charge in [-0.2, -0.15) is 18.2 Å². The molecule has 9 heteroatoms. The van der Waals surface area contributed by atoms with E-state index >= 15 is 0 Å². The summed E-state index contributed by atoms with van der Waals surface area (Å²) in [4.78, 5) is 10.3. The van der Waals surface area contributed by atoms with Crippen molar-refractivity contribution in [3.8, 4) is 0 Å². The lowest BCUT2D eigenvalue weighted by Gasteiger charge is -2.22. The van der Waals surface area contributed by atoms with Crippen LogP contribution in [-0.4, -0.2) is 37.3 Å². The summed E-state index contributed by atoms with van der Waals surface area (Å²) < 4.78 is 43.8. The number of halogens is 3. The summed E-state index contributed by atoms with van der Waals surface area (Å²) in [6, 6.07) is -0.0338. The van der Waals surface area contributed by atoms with Crippen molar-refractivity contribution in [3.63, 3.8) is 0 Å². The SMILES string of the molecule is Cc1nc([C@H]2CCCN2Cc2nccn2CC(F)(F)F)no1. The van der Waals surface area contributed by atoms with Gasteiger partial charge in [0.1, 0.15) is 12.4 Å². The molecule has 0 aliphatic carbocycles. The molecule has 2 aromatic heterocycles. The molecule has 0 bridgehead atoms. The van der Waals surface area contributed by atoms with Crippen LogP contribution < -0.4 is 0 Å². The van der Waals surface area contributed by atoms with Crippen LogP contribution in [0, 0.1) is 6.92 Å². The molecular formula is C13H16F3N5O. The lowest BCUT2D eigenvalue weighted by molar-refractivity contribution is -0.141. The quantitative estimate of drug-likeness (QED) is 0.867. The van der Waals surface area contributed by atoms with Gasteiger partial charge in [-0.3, -0.25) is 4.90 Å². The zero-order chi connectivity index (χ0) is 15.7. The fraction of sp³-hybridized carbons (Fsp3) is 0.615. The van der Waals surface area contributed by atoms with Gasteiger partial charge in [-0.15, -0.1) is 0 Å². The molecule has 0 radical (unpaired) electrons. The predicted octanol–water partition coefficient (Wildman–Crippen LogP) is 2.47. The van der Waals surface area contributed by atoms with Gasteiger partial charge in [0.15, 0.2) is 5.82 Å². The minimum atomic E-state index is -4.26. The van der Waals surface area contributed by atoms with Crippen molar-refractivity contribution in [2.75, 3.05) is 6.54 Å². The molecule has 1 saturated heterocycles. The predicted molar refractivity (Wildman–Crippen MR) is 69.7 cm³/mol. The molecule has 1 fully saturated rings. The van der Waals surface area contributed by atoms with Crippen molar-refractivity contribution < 1.29 is 17.7 Å². The van der Waals surface area contributed by atoms with Crippen molar-refractivity contribution in [3.05, 3.63) is 29.9 Å². The third-order valence-corrected chi connectivity index (χ3v) is 3.70. The van der Waals surface area contributed by atoms with Gasteiger partial charge in [0.25, 0.3) is 0 Å². The third-order valence-electron chi connectivity index (χ3n) is 3.70. The molecule has 0 spiro atoms. The van der Waals surface area contributed by atoms with E-state index < -0.39 is 12.7 Å². The number of aryl methyl sites for hydroxylation is 1. The summed E-state index contributed by atoms with van der Waals surface area (Å²) in [6.45, 7) is 1.80. The second kappa shape index (κ2) is 5.71. The summed E-state index contributed by atoms with van der Waals surface area (Å²) in [5, 5.41) is 3.92. The number of likely N-dealkylation sites (tertiary alicyclic amines) is 1. The van der Waals surface area contributed by atoms with Gasteiger partial charge in [0, 0.05) is 19.3 Å². The smallest absolute Gasteiger partial charge is 0.340 e. The Morgan fingerprint density at radius 1 is 1.41 bits per heavy atom. The van der Waals surface area contributed by atoms with E-state index in [4.69, 9.17) is 4.52 Å². The number of aromatic nitrogens is 4. The molecule has 3 heterocycles. The minimum absolute atomic E-state index is 0.0338. The number of hydrogen-bond acceptors (Lipinski definition) is 5. The van der Waals surface area contributed by atoms with Crippen LogP contribution in [-0.2, 0) is 13.1 Å². The van der Waals surface area contributed by atoms with Crippen LogP contribution >= 0.6 is 0 Å². The number of imidazole rings is 1. The van der Waals surface area contributed by atoms with Gasteiger partial charge in [-0.05, 0) is 19.4 Å². The van der Waals surface area contributed by atoms with Gasteiger partial charge in [0.2, 0.25) is 5.89 Å². The van der Waals surface area contributed by atoms with E-state index in [0.717, 1.165) is 24.0 Å². The topological polar surface area (TPSA) is 60.0 Å². The Morgan fingerprint density at radius 3 is 2.91 bits per heavy atom. The van der Waals surface area contributed by atoms with Gasteiger partial charge < -0.3 is 9.09 Å². The lowest BCUT2D eigenvalue weighted by atomic mass is 10.2. The van der Waals surface area contributed by atoms with Crippen molar-refractivity contribution in [1.82, 2.24) is 24.6 Å². The number of nitrogens with zero attached hydrogens (tertiary/aromatic N) is 5. The number of alkyl halides is 3.